The normalized spacial score (nSPS) is 16.0. The van der Waals surface area contributed by atoms with E-state index >= 15 is 0 Å². The van der Waals surface area contributed by atoms with Crippen molar-refractivity contribution in [1.82, 2.24) is 10.2 Å². The lowest BCUT2D eigenvalue weighted by atomic mass is 9.86. The number of hydrogen-bond donors (Lipinski definition) is 2. The third-order valence-corrected chi connectivity index (χ3v) is 6.52. The zero-order valence-corrected chi connectivity index (χ0v) is 21.3. The van der Waals surface area contributed by atoms with Crippen molar-refractivity contribution < 1.29 is 43.3 Å². The second-order valence-electron chi connectivity index (χ2n) is 8.86. The molecule has 2 N–H and O–H groups in total. The number of nitrogens with one attached hydrogen (secondary N) is 1. The summed E-state index contributed by atoms with van der Waals surface area (Å²) in [6.07, 6.45) is -0.633. The SMILES string of the molecule is COC(=O)C(C(=O)OC)[C@H](C)[C@@H](NC(=O)[C@@H]1Cc2ccccc2CN1C(=O)OCc1ccccc1)C(=O)O. The molecular formula is C27H30N2O9. The molecule has 0 aromatic heterocycles. The number of amides is 2. The average Bonchev–Trinajstić information content (AvgIpc) is 2.93. The van der Waals surface area contributed by atoms with Crippen LogP contribution in [0.3, 0.4) is 0 Å². The largest absolute Gasteiger partial charge is 0.480 e. The third kappa shape index (κ3) is 6.47. The fraction of sp³-hybridized carbons (Fsp3) is 0.370. The maximum absolute atomic E-state index is 13.5. The first-order valence-electron chi connectivity index (χ1n) is 11.9. The lowest BCUT2D eigenvalue weighted by Crippen LogP contribution is -2.58. The molecule has 202 valence electrons. The Bertz CT molecular complexity index is 1170. The molecule has 2 aromatic carbocycles. The van der Waals surface area contributed by atoms with Gasteiger partial charge in [-0.1, -0.05) is 61.5 Å². The summed E-state index contributed by atoms with van der Waals surface area (Å²) in [6.45, 7) is 1.38. The number of esters is 2. The molecule has 0 saturated carbocycles. The molecule has 0 unspecified atom stereocenters. The fourth-order valence-electron chi connectivity index (χ4n) is 4.39. The predicted molar refractivity (Wildman–Crippen MR) is 132 cm³/mol. The zero-order valence-electron chi connectivity index (χ0n) is 21.3. The van der Waals surface area contributed by atoms with Crippen LogP contribution in [0.5, 0.6) is 0 Å². The Labute approximate surface area is 219 Å². The molecule has 3 rings (SSSR count). The minimum atomic E-state index is -1.66. The highest BCUT2D eigenvalue weighted by Gasteiger charge is 2.44. The Hall–Kier alpha value is -4.41. The number of hydrogen-bond acceptors (Lipinski definition) is 8. The summed E-state index contributed by atoms with van der Waals surface area (Å²) < 4.78 is 14.7. The van der Waals surface area contributed by atoms with Gasteiger partial charge in [-0.3, -0.25) is 19.3 Å². The van der Waals surface area contributed by atoms with Gasteiger partial charge in [-0.05, 0) is 16.7 Å². The molecule has 0 aliphatic carbocycles. The first-order chi connectivity index (χ1) is 18.2. The number of carbonyl (C=O) groups excluding carboxylic acids is 4. The smallest absolute Gasteiger partial charge is 0.411 e. The number of aliphatic carboxylic acids is 1. The molecule has 0 saturated heterocycles. The van der Waals surface area contributed by atoms with Gasteiger partial charge in [-0.2, -0.15) is 0 Å². The molecule has 3 atom stereocenters. The highest BCUT2D eigenvalue weighted by Crippen LogP contribution is 2.26. The molecule has 38 heavy (non-hydrogen) atoms. The van der Waals surface area contributed by atoms with Crippen molar-refractivity contribution in [1.29, 1.82) is 0 Å². The number of ether oxygens (including phenoxy) is 3. The van der Waals surface area contributed by atoms with Crippen LogP contribution >= 0.6 is 0 Å². The Morgan fingerprint density at radius 3 is 2.11 bits per heavy atom. The summed E-state index contributed by atoms with van der Waals surface area (Å²) >= 11 is 0. The van der Waals surface area contributed by atoms with Gasteiger partial charge in [0, 0.05) is 12.3 Å². The van der Waals surface area contributed by atoms with Gasteiger partial charge < -0.3 is 24.6 Å². The highest BCUT2D eigenvalue weighted by molar-refractivity contribution is 5.97. The first-order valence-corrected chi connectivity index (χ1v) is 11.9. The van der Waals surface area contributed by atoms with Gasteiger partial charge >= 0.3 is 24.0 Å². The van der Waals surface area contributed by atoms with Gasteiger partial charge in [0.15, 0.2) is 5.92 Å². The average molecular weight is 527 g/mol. The van der Waals surface area contributed by atoms with E-state index in [1.165, 1.54) is 11.8 Å². The molecule has 1 aliphatic heterocycles. The molecule has 0 radical (unpaired) electrons. The number of benzene rings is 2. The molecular weight excluding hydrogens is 496 g/mol. The molecule has 11 nitrogen and oxygen atoms in total. The Morgan fingerprint density at radius 1 is 0.947 bits per heavy atom. The van der Waals surface area contributed by atoms with Crippen LogP contribution in [0.1, 0.15) is 23.6 Å². The van der Waals surface area contributed by atoms with Crippen LogP contribution < -0.4 is 5.32 Å². The van der Waals surface area contributed by atoms with E-state index in [4.69, 9.17) is 4.74 Å². The molecule has 0 spiro atoms. The van der Waals surface area contributed by atoms with E-state index in [0.29, 0.717) is 0 Å². The number of carboxylic acids is 1. The van der Waals surface area contributed by atoms with Gasteiger partial charge in [-0.25, -0.2) is 9.59 Å². The molecule has 2 amide bonds. The Kier molecular flexibility index (Phi) is 9.42. The number of fused-ring (bicyclic) bond motifs is 1. The standard InChI is InChI=1S/C27H30N2O9/c1-16(21(25(33)36-2)26(34)37-3)22(24(31)32)28-23(30)20-13-18-11-7-8-12-19(18)14-29(20)27(35)38-15-17-9-5-4-6-10-17/h4-12,16,20-22H,13-15H2,1-3H3,(H,28,30)(H,31,32)/t16-,20-,22+/m0/s1. The van der Waals surface area contributed by atoms with Crippen LogP contribution in [0.25, 0.3) is 0 Å². The highest BCUT2D eigenvalue weighted by atomic mass is 16.6. The molecule has 0 bridgehead atoms. The summed E-state index contributed by atoms with van der Waals surface area (Å²) in [6, 6.07) is 13.5. The number of carboxylic acid groups (broad SMARTS) is 1. The van der Waals surface area contributed by atoms with E-state index in [1.54, 1.807) is 30.3 Å². The summed E-state index contributed by atoms with van der Waals surface area (Å²) in [5.41, 5.74) is 2.41. The van der Waals surface area contributed by atoms with E-state index in [0.717, 1.165) is 30.9 Å². The Balaban J connectivity index is 1.85. The summed E-state index contributed by atoms with van der Waals surface area (Å²) in [7, 11) is 2.11. The summed E-state index contributed by atoms with van der Waals surface area (Å²) in [5.74, 6) is -7.07. The van der Waals surface area contributed by atoms with E-state index in [1.807, 2.05) is 24.3 Å². The van der Waals surface area contributed by atoms with Crippen molar-refractivity contribution in [3.63, 3.8) is 0 Å². The van der Waals surface area contributed by atoms with Crippen LogP contribution in [-0.4, -0.2) is 66.2 Å². The third-order valence-electron chi connectivity index (χ3n) is 6.52. The quantitative estimate of drug-likeness (QED) is 0.284. The van der Waals surface area contributed by atoms with Crippen LogP contribution in [0.4, 0.5) is 4.79 Å². The van der Waals surface area contributed by atoms with Crippen molar-refractivity contribution >= 4 is 29.9 Å². The van der Waals surface area contributed by atoms with Gasteiger partial charge in [0.1, 0.15) is 18.7 Å². The van der Waals surface area contributed by atoms with Crippen molar-refractivity contribution in [2.45, 2.75) is 38.6 Å². The van der Waals surface area contributed by atoms with Crippen molar-refractivity contribution in [3.05, 3.63) is 71.3 Å². The molecule has 2 aromatic rings. The second kappa shape index (κ2) is 12.7. The maximum atomic E-state index is 13.5. The van der Waals surface area contributed by atoms with Crippen molar-refractivity contribution in [2.75, 3.05) is 14.2 Å². The van der Waals surface area contributed by atoms with Crippen molar-refractivity contribution in [3.8, 4) is 0 Å². The number of nitrogens with zero attached hydrogens (tertiary/aromatic N) is 1. The maximum Gasteiger partial charge on any atom is 0.411 e. The van der Waals surface area contributed by atoms with Gasteiger partial charge in [0.05, 0.1) is 20.8 Å². The zero-order chi connectivity index (χ0) is 27.8. The molecule has 1 heterocycles. The lowest BCUT2D eigenvalue weighted by Gasteiger charge is -2.36. The van der Waals surface area contributed by atoms with Gasteiger partial charge in [0.25, 0.3) is 0 Å². The molecule has 1 aliphatic rings. The minimum Gasteiger partial charge on any atom is -0.480 e. The fourth-order valence-corrected chi connectivity index (χ4v) is 4.39. The second-order valence-corrected chi connectivity index (χ2v) is 8.86. The van der Waals surface area contributed by atoms with Crippen LogP contribution in [0.2, 0.25) is 0 Å². The number of carbonyl (C=O) groups is 5. The van der Waals surface area contributed by atoms with Crippen LogP contribution in [0, 0.1) is 11.8 Å². The van der Waals surface area contributed by atoms with E-state index in [2.05, 4.69) is 14.8 Å². The topological polar surface area (TPSA) is 149 Å². The summed E-state index contributed by atoms with van der Waals surface area (Å²) in [4.78, 5) is 64.4. The first kappa shape index (κ1) is 28.2. The van der Waals surface area contributed by atoms with Gasteiger partial charge in [0.2, 0.25) is 5.91 Å². The predicted octanol–water partition coefficient (Wildman–Crippen LogP) is 1.92. The van der Waals surface area contributed by atoms with E-state index in [9.17, 15) is 29.1 Å². The van der Waals surface area contributed by atoms with Crippen molar-refractivity contribution in [2.24, 2.45) is 11.8 Å². The summed E-state index contributed by atoms with van der Waals surface area (Å²) in [5, 5.41) is 12.3. The van der Waals surface area contributed by atoms with Crippen LogP contribution in [-0.2, 0) is 53.0 Å². The molecule has 11 heteroatoms. The molecule has 0 fully saturated rings. The lowest BCUT2D eigenvalue weighted by molar-refractivity contribution is -0.163. The van der Waals surface area contributed by atoms with Gasteiger partial charge in [-0.15, -0.1) is 0 Å². The number of methoxy groups -OCH3 is 2. The monoisotopic (exact) mass is 526 g/mol. The van der Waals surface area contributed by atoms with E-state index < -0.39 is 53.8 Å². The Morgan fingerprint density at radius 2 is 1.53 bits per heavy atom. The van der Waals surface area contributed by atoms with E-state index in [-0.39, 0.29) is 19.6 Å². The minimum absolute atomic E-state index is 0.0130. The van der Waals surface area contributed by atoms with Crippen LogP contribution in [0.15, 0.2) is 54.6 Å². The number of rotatable bonds is 9.